The summed E-state index contributed by atoms with van der Waals surface area (Å²) >= 11 is 7.18. The fourth-order valence-corrected chi connectivity index (χ4v) is 7.34. The Bertz CT molecular complexity index is 2200. The van der Waals surface area contributed by atoms with Crippen LogP contribution in [0.3, 0.4) is 0 Å². The lowest BCUT2D eigenvalue weighted by Crippen LogP contribution is -2.36. The van der Waals surface area contributed by atoms with Gasteiger partial charge in [-0.1, -0.05) is 54.1 Å². The van der Waals surface area contributed by atoms with Crippen LogP contribution in [0.25, 0.3) is 39.2 Å². The van der Waals surface area contributed by atoms with Gasteiger partial charge in [-0.25, -0.2) is 9.97 Å². The molecule has 2 aliphatic heterocycles. The number of nitrogens with zero attached hydrogens (tertiary/aromatic N) is 3. The molecule has 11 nitrogen and oxygen atoms in total. The summed E-state index contributed by atoms with van der Waals surface area (Å²) in [7, 11) is 0. The molecule has 3 aromatic heterocycles. The molecule has 5 heterocycles. The van der Waals surface area contributed by atoms with Crippen LogP contribution in [0.15, 0.2) is 77.9 Å². The van der Waals surface area contributed by atoms with E-state index in [0.29, 0.717) is 73.4 Å². The second kappa shape index (κ2) is 15.6. The molecule has 2 aromatic carbocycles. The van der Waals surface area contributed by atoms with Crippen LogP contribution >= 0.6 is 11.6 Å². The van der Waals surface area contributed by atoms with Gasteiger partial charge in [-0.2, -0.15) is 0 Å². The second-order valence-corrected chi connectivity index (χ2v) is 13.7. The molecule has 5 aromatic rings. The topological polar surface area (TPSA) is 139 Å². The molecule has 0 bridgehead atoms. The third kappa shape index (κ3) is 7.57. The van der Waals surface area contributed by atoms with Crippen LogP contribution < -0.4 is 31.6 Å². The lowest BCUT2D eigenvalue weighted by Gasteiger charge is -2.17. The SMILES string of the molecule is CCOc1nc(-c2cccc(-c3cccc(-c4ccn5c(=O)c(CNC[C@H]6CCC(=O)N6)cnc5c4)c3C)c2Cl)ccc1CNC[C@H]1CCC(=O)N1. The second-order valence-electron chi connectivity index (χ2n) is 13.3. The third-order valence-corrected chi connectivity index (χ3v) is 10.2. The van der Waals surface area contributed by atoms with Gasteiger partial charge in [0.1, 0.15) is 5.65 Å². The minimum absolute atomic E-state index is 0.0705. The average Bonchev–Trinajstić information content (AvgIpc) is 3.77. The number of nitrogens with one attached hydrogen (secondary N) is 4. The fraction of sp³-hybridized carbons (Fsp3) is 0.325. The van der Waals surface area contributed by atoms with Crippen molar-refractivity contribution < 1.29 is 14.3 Å². The Kier molecular flexibility index (Phi) is 10.6. The van der Waals surface area contributed by atoms with Crippen molar-refractivity contribution in [2.24, 2.45) is 0 Å². The van der Waals surface area contributed by atoms with Crippen molar-refractivity contribution in [2.45, 2.75) is 64.7 Å². The molecule has 2 fully saturated rings. The monoisotopic (exact) mass is 719 g/mol. The van der Waals surface area contributed by atoms with Crippen molar-refractivity contribution in [3.63, 3.8) is 0 Å². The summed E-state index contributed by atoms with van der Waals surface area (Å²) in [5, 5.41) is 13.2. The number of halogens is 1. The number of fused-ring (bicyclic) bond motifs is 1. The summed E-state index contributed by atoms with van der Waals surface area (Å²) in [6.45, 7) is 6.70. The molecular formula is C40H42ClN7O4. The van der Waals surface area contributed by atoms with Gasteiger partial charge < -0.3 is 26.0 Å². The van der Waals surface area contributed by atoms with Crippen LogP contribution in [0.2, 0.25) is 5.02 Å². The first kappa shape index (κ1) is 35.3. The maximum Gasteiger partial charge on any atom is 0.262 e. The first-order chi connectivity index (χ1) is 25.3. The maximum atomic E-state index is 13.3. The Balaban J connectivity index is 1.11. The molecule has 52 heavy (non-hydrogen) atoms. The number of benzene rings is 2. The van der Waals surface area contributed by atoms with Crippen LogP contribution in [0, 0.1) is 6.92 Å². The molecule has 0 radical (unpaired) electrons. The van der Waals surface area contributed by atoms with Crippen LogP contribution in [-0.2, 0) is 22.7 Å². The van der Waals surface area contributed by atoms with Crippen molar-refractivity contribution in [3.05, 3.63) is 105 Å². The van der Waals surface area contributed by atoms with Gasteiger partial charge in [0.25, 0.3) is 5.56 Å². The predicted octanol–water partition coefficient (Wildman–Crippen LogP) is 5.19. The molecule has 2 saturated heterocycles. The van der Waals surface area contributed by atoms with E-state index in [1.807, 2.05) is 55.5 Å². The van der Waals surface area contributed by atoms with E-state index in [9.17, 15) is 14.4 Å². The molecule has 7 rings (SSSR count). The van der Waals surface area contributed by atoms with E-state index in [1.54, 1.807) is 16.8 Å². The molecule has 268 valence electrons. The predicted molar refractivity (Wildman–Crippen MR) is 202 cm³/mol. The molecule has 0 spiro atoms. The number of rotatable bonds is 13. The van der Waals surface area contributed by atoms with Gasteiger partial charge in [0, 0.05) is 85.8 Å². The minimum atomic E-state index is -0.127. The number of ether oxygens (including phenoxy) is 1. The minimum Gasteiger partial charge on any atom is -0.478 e. The van der Waals surface area contributed by atoms with E-state index in [0.717, 1.165) is 51.8 Å². The van der Waals surface area contributed by atoms with Gasteiger partial charge in [-0.15, -0.1) is 0 Å². The highest BCUT2D eigenvalue weighted by Crippen LogP contribution is 2.40. The van der Waals surface area contributed by atoms with Crippen molar-refractivity contribution >= 4 is 29.1 Å². The van der Waals surface area contributed by atoms with Gasteiger partial charge in [-0.05, 0) is 67.1 Å². The van der Waals surface area contributed by atoms with E-state index in [1.165, 1.54) is 0 Å². The van der Waals surface area contributed by atoms with Gasteiger partial charge >= 0.3 is 0 Å². The highest BCUT2D eigenvalue weighted by Gasteiger charge is 2.22. The smallest absolute Gasteiger partial charge is 0.262 e. The van der Waals surface area contributed by atoms with Gasteiger partial charge in [0.15, 0.2) is 0 Å². The zero-order valence-corrected chi connectivity index (χ0v) is 30.1. The first-order valence-electron chi connectivity index (χ1n) is 17.8. The summed E-state index contributed by atoms with van der Waals surface area (Å²) in [4.78, 5) is 45.9. The highest BCUT2D eigenvalue weighted by atomic mass is 35.5. The van der Waals surface area contributed by atoms with Gasteiger partial charge in [-0.3, -0.25) is 18.8 Å². The number of amides is 2. The van der Waals surface area contributed by atoms with Crippen LogP contribution in [0.4, 0.5) is 0 Å². The van der Waals surface area contributed by atoms with Crippen molar-refractivity contribution in [3.8, 4) is 39.4 Å². The van der Waals surface area contributed by atoms with Crippen LogP contribution in [0.5, 0.6) is 5.88 Å². The lowest BCUT2D eigenvalue weighted by molar-refractivity contribution is -0.120. The number of carbonyl (C=O) groups excluding carboxylic acids is 2. The summed E-state index contributed by atoms with van der Waals surface area (Å²) in [6.07, 6.45) is 6.15. The van der Waals surface area contributed by atoms with Gasteiger partial charge in [0.2, 0.25) is 17.7 Å². The van der Waals surface area contributed by atoms with E-state index in [-0.39, 0.29) is 29.5 Å². The molecule has 2 amide bonds. The summed E-state index contributed by atoms with van der Waals surface area (Å²) in [5.41, 5.74) is 8.27. The molecule has 12 heteroatoms. The van der Waals surface area contributed by atoms with E-state index in [2.05, 4.69) is 45.3 Å². The van der Waals surface area contributed by atoms with Crippen molar-refractivity contribution in [2.75, 3.05) is 19.7 Å². The summed E-state index contributed by atoms with van der Waals surface area (Å²) in [6, 6.07) is 20.2. The average molecular weight is 720 g/mol. The Hall–Kier alpha value is -5.10. The quantitative estimate of drug-likeness (QED) is 0.131. The zero-order chi connectivity index (χ0) is 36.2. The standard InChI is InChI=1S/C40H42ClN7O4/c1-3-52-39-26(19-42-22-28-11-14-36(49)45-28)10-13-34(47-39)33-9-5-8-32(38(33)41)31-7-4-6-30(24(31)2)25-16-17-48-35(18-25)44-21-27(40(48)51)20-43-23-29-12-15-37(50)46-29/h4-10,13,16-18,21,28-29,42-43H,3,11-12,14-15,19-20,22-23H2,1-2H3,(H,45,49)(H,46,50)/t28-,29-/m1/s1. The molecule has 0 saturated carbocycles. The highest BCUT2D eigenvalue weighted by molar-refractivity contribution is 6.36. The molecule has 0 aliphatic carbocycles. The van der Waals surface area contributed by atoms with Gasteiger partial charge in [0.05, 0.1) is 17.3 Å². The van der Waals surface area contributed by atoms with E-state index >= 15 is 0 Å². The summed E-state index contributed by atoms with van der Waals surface area (Å²) < 4.78 is 7.52. The summed E-state index contributed by atoms with van der Waals surface area (Å²) in [5.74, 6) is 0.723. The Morgan fingerprint density at radius 3 is 2.17 bits per heavy atom. The number of hydrogen-bond donors (Lipinski definition) is 4. The lowest BCUT2D eigenvalue weighted by atomic mass is 9.92. The molecule has 2 atom stereocenters. The number of pyridine rings is 2. The normalized spacial score (nSPS) is 17.1. The molecule has 0 unspecified atom stereocenters. The maximum absolute atomic E-state index is 13.3. The number of hydrogen-bond acceptors (Lipinski definition) is 8. The number of carbonyl (C=O) groups is 2. The third-order valence-electron chi connectivity index (χ3n) is 9.79. The van der Waals surface area contributed by atoms with Crippen LogP contribution in [-0.4, -0.2) is 58.0 Å². The first-order valence-corrected chi connectivity index (χ1v) is 18.2. The molecular weight excluding hydrogens is 678 g/mol. The Morgan fingerprint density at radius 1 is 0.846 bits per heavy atom. The fourth-order valence-electron chi connectivity index (χ4n) is 7.02. The molecule has 4 N–H and O–H groups in total. The largest absolute Gasteiger partial charge is 0.478 e. The van der Waals surface area contributed by atoms with Crippen LogP contribution in [0.1, 0.15) is 49.3 Å². The van der Waals surface area contributed by atoms with Crippen molar-refractivity contribution in [1.82, 2.24) is 35.6 Å². The van der Waals surface area contributed by atoms with E-state index in [4.69, 9.17) is 21.3 Å². The zero-order valence-electron chi connectivity index (χ0n) is 29.3. The Labute approximate surface area is 307 Å². The van der Waals surface area contributed by atoms with Crippen molar-refractivity contribution in [1.29, 1.82) is 0 Å². The number of aromatic nitrogens is 3. The van der Waals surface area contributed by atoms with E-state index < -0.39 is 0 Å². The Morgan fingerprint density at radius 2 is 1.50 bits per heavy atom. The molecule has 2 aliphatic rings.